The second kappa shape index (κ2) is 5.97. The van der Waals surface area contributed by atoms with Gasteiger partial charge in [0, 0.05) is 22.8 Å². The summed E-state index contributed by atoms with van der Waals surface area (Å²) < 4.78 is 6.16. The summed E-state index contributed by atoms with van der Waals surface area (Å²) in [5.41, 5.74) is 1.54. The van der Waals surface area contributed by atoms with Crippen LogP contribution < -0.4 is 4.74 Å². The fourth-order valence-corrected chi connectivity index (χ4v) is 2.25. The average molecular weight is 320 g/mol. The predicted molar refractivity (Wildman–Crippen MR) is 77.7 cm³/mol. The summed E-state index contributed by atoms with van der Waals surface area (Å²) >= 11 is 3.37. The molecule has 3 nitrogen and oxygen atoms in total. The average Bonchev–Trinajstić information content (AvgIpc) is 2.46. The second-order valence-electron chi connectivity index (χ2n) is 4.21. The summed E-state index contributed by atoms with van der Waals surface area (Å²) in [7, 11) is 1.57. The molecule has 0 bridgehead atoms. The topological polar surface area (TPSA) is 39.2 Å². The third-order valence-corrected chi connectivity index (χ3v) is 3.52. The molecule has 98 valence electrons. The maximum Gasteiger partial charge on any atom is 0.173 e. The lowest BCUT2D eigenvalue weighted by Gasteiger charge is -2.13. The number of nitrogens with zero attached hydrogens (tertiary/aromatic N) is 1. The molecule has 0 aliphatic rings. The zero-order chi connectivity index (χ0) is 13.8. The highest BCUT2D eigenvalue weighted by Crippen LogP contribution is 2.28. The molecule has 1 heterocycles. The molecule has 2 rings (SSSR count). The molecule has 4 heteroatoms. The van der Waals surface area contributed by atoms with Gasteiger partial charge in [-0.3, -0.25) is 9.78 Å². The molecule has 1 unspecified atom stereocenters. The van der Waals surface area contributed by atoms with E-state index in [4.69, 9.17) is 4.74 Å². The summed E-state index contributed by atoms with van der Waals surface area (Å²) in [6, 6.07) is 9.13. The molecule has 0 amide bonds. The van der Waals surface area contributed by atoms with Crippen LogP contribution in [0.15, 0.2) is 47.2 Å². The number of carbonyl (C=O) groups excluding carboxylic acids is 1. The van der Waals surface area contributed by atoms with Crippen molar-refractivity contribution in [2.45, 2.75) is 12.8 Å². The van der Waals surface area contributed by atoms with Crippen LogP contribution in [-0.2, 0) is 0 Å². The van der Waals surface area contributed by atoms with Crippen molar-refractivity contribution in [3.8, 4) is 5.75 Å². The Morgan fingerprint density at radius 3 is 2.58 bits per heavy atom. The van der Waals surface area contributed by atoms with Crippen LogP contribution in [0.25, 0.3) is 0 Å². The number of Topliss-reactive ketones (excluding diaryl/α,β-unsaturated/α-hetero) is 1. The van der Waals surface area contributed by atoms with Gasteiger partial charge in [-0.2, -0.15) is 0 Å². The molecule has 1 aromatic heterocycles. The number of benzene rings is 1. The second-order valence-corrected chi connectivity index (χ2v) is 5.13. The summed E-state index contributed by atoms with van der Waals surface area (Å²) in [6.45, 7) is 1.89. The molecule has 19 heavy (non-hydrogen) atoms. The lowest BCUT2D eigenvalue weighted by Crippen LogP contribution is -2.11. The van der Waals surface area contributed by atoms with Crippen LogP contribution in [0.1, 0.15) is 28.8 Å². The summed E-state index contributed by atoms with van der Waals surface area (Å²) in [5.74, 6) is 0.397. The van der Waals surface area contributed by atoms with Crippen molar-refractivity contribution in [3.63, 3.8) is 0 Å². The molecule has 0 saturated heterocycles. The number of methoxy groups -OCH3 is 1. The standard InChI is InChI=1S/C15H14BrNO2/c1-10(11-5-7-17-8-6-11)15(18)13-4-3-12(16)9-14(13)19-2/h3-10H,1-2H3. The Morgan fingerprint density at radius 1 is 1.26 bits per heavy atom. The van der Waals surface area contributed by atoms with Gasteiger partial charge in [0.1, 0.15) is 5.75 Å². The van der Waals surface area contributed by atoms with E-state index in [1.807, 2.05) is 25.1 Å². The number of ether oxygens (including phenoxy) is 1. The maximum absolute atomic E-state index is 12.5. The fraction of sp³-hybridized carbons (Fsp3) is 0.200. The van der Waals surface area contributed by atoms with Crippen LogP contribution in [0.3, 0.4) is 0 Å². The highest BCUT2D eigenvalue weighted by molar-refractivity contribution is 9.10. The van der Waals surface area contributed by atoms with Crippen LogP contribution in [0.5, 0.6) is 5.75 Å². The number of hydrogen-bond donors (Lipinski definition) is 0. The first-order valence-electron chi connectivity index (χ1n) is 5.91. The molecule has 1 atom stereocenters. The molecule has 0 fully saturated rings. The summed E-state index contributed by atoms with van der Waals surface area (Å²) in [5, 5.41) is 0. The predicted octanol–water partition coefficient (Wildman–Crippen LogP) is 3.84. The smallest absolute Gasteiger partial charge is 0.173 e. The molecule has 0 spiro atoms. The first-order valence-corrected chi connectivity index (χ1v) is 6.70. The van der Waals surface area contributed by atoms with Crippen molar-refractivity contribution in [1.29, 1.82) is 0 Å². The van der Waals surface area contributed by atoms with Gasteiger partial charge in [-0.15, -0.1) is 0 Å². The lowest BCUT2D eigenvalue weighted by molar-refractivity contribution is 0.0963. The van der Waals surface area contributed by atoms with Gasteiger partial charge < -0.3 is 4.74 Å². The van der Waals surface area contributed by atoms with E-state index in [2.05, 4.69) is 20.9 Å². The molecule has 0 aliphatic heterocycles. The SMILES string of the molecule is COc1cc(Br)ccc1C(=O)C(C)c1ccncc1. The van der Waals surface area contributed by atoms with E-state index in [9.17, 15) is 4.79 Å². The first kappa shape index (κ1) is 13.7. The van der Waals surface area contributed by atoms with E-state index in [0.717, 1.165) is 10.0 Å². The van der Waals surface area contributed by atoms with Gasteiger partial charge in [-0.1, -0.05) is 22.9 Å². The molecular weight excluding hydrogens is 306 g/mol. The van der Waals surface area contributed by atoms with Crippen LogP contribution in [0, 0.1) is 0 Å². The number of aromatic nitrogens is 1. The van der Waals surface area contributed by atoms with E-state index in [1.165, 1.54) is 0 Å². The zero-order valence-electron chi connectivity index (χ0n) is 10.8. The van der Waals surface area contributed by atoms with E-state index < -0.39 is 0 Å². The van der Waals surface area contributed by atoms with Crippen LogP contribution in [0.4, 0.5) is 0 Å². The van der Waals surface area contributed by atoms with E-state index in [0.29, 0.717) is 11.3 Å². The highest BCUT2D eigenvalue weighted by atomic mass is 79.9. The third-order valence-electron chi connectivity index (χ3n) is 3.03. The largest absolute Gasteiger partial charge is 0.496 e. The Morgan fingerprint density at radius 2 is 1.95 bits per heavy atom. The van der Waals surface area contributed by atoms with Gasteiger partial charge in [-0.25, -0.2) is 0 Å². The Hall–Kier alpha value is -1.68. The third kappa shape index (κ3) is 3.01. The van der Waals surface area contributed by atoms with Gasteiger partial charge in [-0.05, 0) is 35.9 Å². The van der Waals surface area contributed by atoms with Crippen molar-refractivity contribution in [1.82, 2.24) is 4.98 Å². The minimum Gasteiger partial charge on any atom is -0.496 e. The number of rotatable bonds is 4. The van der Waals surface area contributed by atoms with Gasteiger partial charge in [0.25, 0.3) is 0 Å². The van der Waals surface area contributed by atoms with Crippen molar-refractivity contribution in [3.05, 3.63) is 58.3 Å². The Balaban J connectivity index is 2.34. The minimum atomic E-state index is -0.224. The Kier molecular flexibility index (Phi) is 4.32. The van der Waals surface area contributed by atoms with Crippen LogP contribution >= 0.6 is 15.9 Å². The molecule has 2 aromatic rings. The van der Waals surface area contributed by atoms with Crippen molar-refractivity contribution in [2.24, 2.45) is 0 Å². The molecular formula is C15H14BrNO2. The number of halogens is 1. The van der Waals surface area contributed by atoms with Crippen LogP contribution in [0.2, 0.25) is 0 Å². The van der Waals surface area contributed by atoms with Crippen molar-refractivity contribution in [2.75, 3.05) is 7.11 Å². The molecule has 1 aromatic carbocycles. The van der Waals surface area contributed by atoms with E-state index in [1.54, 1.807) is 31.6 Å². The number of ketones is 1. The molecule has 0 saturated carbocycles. The zero-order valence-corrected chi connectivity index (χ0v) is 12.3. The monoisotopic (exact) mass is 319 g/mol. The van der Waals surface area contributed by atoms with Crippen molar-refractivity contribution < 1.29 is 9.53 Å². The van der Waals surface area contributed by atoms with Crippen LogP contribution in [-0.4, -0.2) is 17.9 Å². The summed E-state index contributed by atoms with van der Waals surface area (Å²) in [4.78, 5) is 16.5. The van der Waals surface area contributed by atoms with Gasteiger partial charge in [0.15, 0.2) is 5.78 Å². The summed E-state index contributed by atoms with van der Waals surface area (Å²) in [6.07, 6.45) is 3.38. The Bertz CT molecular complexity index is 584. The molecule has 0 aliphatic carbocycles. The van der Waals surface area contributed by atoms with Gasteiger partial charge in [0.05, 0.1) is 12.7 Å². The van der Waals surface area contributed by atoms with Gasteiger partial charge >= 0.3 is 0 Å². The molecule has 0 N–H and O–H groups in total. The number of hydrogen-bond acceptors (Lipinski definition) is 3. The molecule has 0 radical (unpaired) electrons. The normalized spacial score (nSPS) is 11.9. The Labute approximate surface area is 120 Å². The minimum absolute atomic E-state index is 0.0375. The van der Waals surface area contributed by atoms with Gasteiger partial charge in [0.2, 0.25) is 0 Å². The fourth-order valence-electron chi connectivity index (χ4n) is 1.91. The first-order chi connectivity index (χ1) is 9.13. The number of carbonyl (C=O) groups is 1. The quantitative estimate of drug-likeness (QED) is 0.804. The van der Waals surface area contributed by atoms with Crippen molar-refractivity contribution >= 4 is 21.7 Å². The van der Waals surface area contributed by atoms with E-state index in [-0.39, 0.29) is 11.7 Å². The maximum atomic E-state index is 12.5. The van der Waals surface area contributed by atoms with E-state index >= 15 is 0 Å². The lowest BCUT2D eigenvalue weighted by atomic mass is 9.92. The highest BCUT2D eigenvalue weighted by Gasteiger charge is 2.20. The number of pyridine rings is 1.